The van der Waals surface area contributed by atoms with Crippen molar-refractivity contribution in [1.29, 1.82) is 0 Å². The molecule has 3 saturated heterocycles. The Labute approximate surface area is 175 Å². The first-order valence-corrected chi connectivity index (χ1v) is 11.6. The smallest absolute Gasteiger partial charge is 0.0541 e. The van der Waals surface area contributed by atoms with Gasteiger partial charge in [0.2, 0.25) is 0 Å². The number of thioether (sulfide) groups is 1. The van der Waals surface area contributed by atoms with Crippen molar-refractivity contribution >= 4 is 17.4 Å². The fourth-order valence-electron chi connectivity index (χ4n) is 4.38. The molecule has 0 aromatic heterocycles. The summed E-state index contributed by atoms with van der Waals surface area (Å²) in [6.45, 7) is 14.2. The maximum absolute atomic E-state index is 4.42. The number of aryl methyl sites for hydroxylation is 1. The van der Waals surface area contributed by atoms with Gasteiger partial charge in [-0.15, -0.1) is 18.3 Å². The summed E-state index contributed by atoms with van der Waals surface area (Å²) in [7, 11) is 2.14. The summed E-state index contributed by atoms with van der Waals surface area (Å²) in [6.07, 6.45) is 10.9. The largest absolute Gasteiger partial charge is 0.381 e. The first kappa shape index (κ1) is 21.1. The molecule has 1 aromatic rings. The maximum Gasteiger partial charge on any atom is 0.0541 e. The second kappa shape index (κ2) is 9.71. The molecule has 1 unspecified atom stereocenters. The second-order valence-electron chi connectivity index (χ2n) is 8.14. The first-order chi connectivity index (χ1) is 13.5. The van der Waals surface area contributed by atoms with Gasteiger partial charge in [0.1, 0.15) is 0 Å². The van der Waals surface area contributed by atoms with Crippen molar-refractivity contribution in [1.82, 2.24) is 10.2 Å². The van der Waals surface area contributed by atoms with Crippen molar-refractivity contribution in [3.8, 4) is 0 Å². The molecule has 2 bridgehead atoms. The lowest BCUT2D eigenvalue weighted by molar-refractivity contribution is 0.0776. The highest BCUT2D eigenvalue weighted by Crippen LogP contribution is 2.31. The average Bonchev–Trinajstić information content (AvgIpc) is 2.71. The van der Waals surface area contributed by atoms with E-state index in [4.69, 9.17) is 0 Å². The fraction of sp³-hybridized carbons (Fsp3) is 0.500. The summed E-state index contributed by atoms with van der Waals surface area (Å²) in [5.41, 5.74) is 4.88. The van der Waals surface area contributed by atoms with Crippen LogP contribution in [0.25, 0.3) is 0 Å². The summed E-state index contributed by atoms with van der Waals surface area (Å²) >= 11 is 1.80. The van der Waals surface area contributed by atoms with Gasteiger partial charge >= 0.3 is 0 Å². The molecule has 0 aliphatic carbocycles. The lowest BCUT2D eigenvalue weighted by atomic mass is 9.83. The molecule has 28 heavy (non-hydrogen) atoms. The van der Waals surface area contributed by atoms with Gasteiger partial charge in [-0.25, -0.2) is 0 Å². The third-order valence-corrected chi connectivity index (χ3v) is 6.85. The molecule has 1 aromatic carbocycles. The van der Waals surface area contributed by atoms with Crippen LogP contribution in [-0.2, 0) is 0 Å². The van der Waals surface area contributed by atoms with E-state index in [1.54, 1.807) is 11.8 Å². The van der Waals surface area contributed by atoms with Gasteiger partial charge in [-0.1, -0.05) is 18.7 Å². The Kier molecular flexibility index (Phi) is 7.30. The Morgan fingerprint density at radius 2 is 2.11 bits per heavy atom. The third-order valence-electron chi connectivity index (χ3n) is 6.09. The zero-order chi connectivity index (χ0) is 20.1. The van der Waals surface area contributed by atoms with Gasteiger partial charge in [0.15, 0.2) is 0 Å². The van der Waals surface area contributed by atoms with Crippen LogP contribution in [0.4, 0.5) is 5.69 Å². The molecule has 1 N–H and O–H groups in total. The highest BCUT2D eigenvalue weighted by Gasteiger charge is 2.34. The molecular formula is C24H35N3S. The zero-order valence-electron chi connectivity index (χ0n) is 17.7. The minimum Gasteiger partial charge on any atom is -0.381 e. The predicted molar refractivity (Wildman–Crippen MR) is 124 cm³/mol. The Morgan fingerprint density at radius 3 is 2.71 bits per heavy atom. The van der Waals surface area contributed by atoms with Gasteiger partial charge in [0, 0.05) is 36.4 Å². The minimum atomic E-state index is 0.536. The van der Waals surface area contributed by atoms with Crippen molar-refractivity contribution in [2.75, 3.05) is 37.8 Å². The van der Waals surface area contributed by atoms with Crippen LogP contribution in [-0.4, -0.2) is 43.9 Å². The van der Waals surface area contributed by atoms with Crippen molar-refractivity contribution in [3.63, 3.8) is 0 Å². The van der Waals surface area contributed by atoms with E-state index >= 15 is 0 Å². The summed E-state index contributed by atoms with van der Waals surface area (Å²) in [5, 5.41) is 3.78. The van der Waals surface area contributed by atoms with Crippen molar-refractivity contribution in [2.45, 2.75) is 43.5 Å². The minimum absolute atomic E-state index is 0.536. The molecule has 0 amide bonds. The highest BCUT2D eigenvalue weighted by molar-refractivity contribution is 7.98. The fourth-order valence-corrected chi connectivity index (χ4v) is 5.10. The molecule has 3 heterocycles. The maximum atomic E-state index is 4.42. The summed E-state index contributed by atoms with van der Waals surface area (Å²) in [5.74, 6) is 0.792. The van der Waals surface area contributed by atoms with Crippen LogP contribution in [0.3, 0.4) is 0 Å². The Morgan fingerprint density at radius 1 is 1.36 bits per heavy atom. The van der Waals surface area contributed by atoms with E-state index < -0.39 is 0 Å². The summed E-state index contributed by atoms with van der Waals surface area (Å²) in [6, 6.07) is 7.19. The molecule has 152 valence electrons. The molecule has 3 nitrogen and oxygen atoms in total. The number of hydrogen-bond donors (Lipinski definition) is 1. The average molecular weight is 398 g/mol. The number of fused-ring (bicyclic) bond motifs is 3. The number of rotatable bonds is 9. The number of nitrogens with one attached hydrogen (secondary N) is 1. The van der Waals surface area contributed by atoms with E-state index in [1.165, 1.54) is 47.7 Å². The first-order valence-electron chi connectivity index (χ1n) is 10.4. The van der Waals surface area contributed by atoms with Gasteiger partial charge in [0.05, 0.1) is 5.69 Å². The summed E-state index contributed by atoms with van der Waals surface area (Å²) < 4.78 is 0. The second-order valence-corrected chi connectivity index (χ2v) is 8.98. The van der Waals surface area contributed by atoms with E-state index in [0.29, 0.717) is 6.04 Å². The van der Waals surface area contributed by atoms with E-state index in [9.17, 15) is 0 Å². The standard InChI is InChI=1S/C24H35N3S/c1-6-7-8-21(16-26(4)23-10-9-18(2)15-24(23)28-5)19(3)25-22-17-27-13-11-20(22)12-14-27/h6,9-10,15-16,20,22,25H,1,3,7-8,11-14,17H2,2,4-5H3/b21-16+. The van der Waals surface area contributed by atoms with E-state index in [1.807, 2.05) is 6.08 Å². The molecule has 4 heteroatoms. The zero-order valence-corrected chi connectivity index (χ0v) is 18.5. The van der Waals surface area contributed by atoms with Gasteiger partial charge in [-0.2, -0.15) is 0 Å². The van der Waals surface area contributed by atoms with Gasteiger partial charge < -0.3 is 15.1 Å². The lowest BCUT2D eigenvalue weighted by Gasteiger charge is -2.45. The van der Waals surface area contributed by atoms with Crippen LogP contribution >= 0.6 is 11.8 Å². The summed E-state index contributed by atoms with van der Waals surface area (Å²) in [4.78, 5) is 6.13. The molecule has 0 saturated carbocycles. The molecule has 1 atom stereocenters. The van der Waals surface area contributed by atoms with E-state index in [0.717, 1.165) is 31.0 Å². The van der Waals surface area contributed by atoms with Gasteiger partial charge in [-0.05, 0) is 81.1 Å². The quantitative estimate of drug-likeness (QED) is 0.350. The van der Waals surface area contributed by atoms with Crippen LogP contribution in [0.15, 0.2) is 59.8 Å². The topological polar surface area (TPSA) is 18.5 Å². The number of benzene rings is 1. The monoisotopic (exact) mass is 397 g/mol. The van der Waals surface area contributed by atoms with Crippen LogP contribution in [0.5, 0.6) is 0 Å². The van der Waals surface area contributed by atoms with E-state index in [2.05, 4.69) is 72.9 Å². The predicted octanol–water partition coefficient (Wildman–Crippen LogP) is 5.20. The molecule has 0 radical (unpaired) electrons. The van der Waals surface area contributed by atoms with Crippen LogP contribution in [0, 0.1) is 12.8 Å². The molecule has 3 aliphatic heterocycles. The number of nitrogens with zero attached hydrogens (tertiary/aromatic N) is 2. The molecular weight excluding hydrogens is 362 g/mol. The van der Waals surface area contributed by atoms with Crippen LogP contribution in [0.2, 0.25) is 0 Å². The Hall–Kier alpha value is -1.65. The molecule has 4 rings (SSSR count). The Balaban J connectivity index is 1.76. The molecule has 0 spiro atoms. The molecule has 3 fully saturated rings. The number of anilines is 1. The normalized spacial score (nSPS) is 24.1. The van der Waals surface area contributed by atoms with Crippen molar-refractivity contribution in [2.24, 2.45) is 5.92 Å². The van der Waals surface area contributed by atoms with Crippen molar-refractivity contribution in [3.05, 3.63) is 60.5 Å². The van der Waals surface area contributed by atoms with E-state index in [-0.39, 0.29) is 0 Å². The van der Waals surface area contributed by atoms with Crippen LogP contribution < -0.4 is 10.2 Å². The highest BCUT2D eigenvalue weighted by atomic mass is 32.2. The van der Waals surface area contributed by atoms with Crippen molar-refractivity contribution < 1.29 is 0 Å². The van der Waals surface area contributed by atoms with Gasteiger partial charge in [-0.3, -0.25) is 0 Å². The number of allylic oxidation sites excluding steroid dienone is 2. The van der Waals surface area contributed by atoms with Gasteiger partial charge in [0.25, 0.3) is 0 Å². The SMILES string of the molecule is C=CCC/C(=C\N(C)c1ccc(C)cc1SC)C(=C)NC1CN2CCC1CC2. The van der Waals surface area contributed by atoms with Crippen LogP contribution in [0.1, 0.15) is 31.2 Å². The molecule has 3 aliphatic rings. The number of piperidine rings is 3. The number of hydrogen-bond acceptors (Lipinski definition) is 4. The third kappa shape index (κ3) is 5.03. The lowest BCUT2D eigenvalue weighted by Crippen LogP contribution is -2.55. The Bertz CT molecular complexity index is 731.